The van der Waals surface area contributed by atoms with Gasteiger partial charge < -0.3 is 19.3 Å². The van der Waals surface area contributed by atoms with Gasteiger partial charge in [0.15, 0.2) is 0 Å². The zero-order valence-corrected chi connectivity index (χ0v) is 16.0. The van der Waals surface area contributed by atoms with Crippen molar-refractivity contribution in [2.45, 2.75) is 77.2 Å². The molecule has 0 aliphatic rings. The van der Waals surface area contributed by atoms with Crippen molar-refractivity contribution in [3.8, 4) is 0 Å². The van der Waals surface area contributed by atoms with Crippen LogP contribution < -0.4 is 0 Å². The number of rotatable bonds is 20. The van der Waals surface area contributed by atoms with Gasteiger partial charge in [-0.25, -0.2) is 4.79 Å². The lowest BCUT2D eigenvalue weighted by Gasteiger charge is -2.17. The third kappa shape index (κ3) is 19.3. The highest BCUT2D eigenvalue weighted by Gasteiger charge is 2.09. The molecule has 1 unspecified atom stereocenters. The Morgan fingerprint density at radius 3 is 2.24 bits per heavy atom. The SMILES string of the molecule is C=CCOCC(CCCCCCCCCCC)OCCOCC(=O)O. The average molecular weight is 359 g/mol. The summed E-state index contributed by atoms with van der Waals surface area (Å²) in [4.78, 5) is 10.4. The van der Waals surface area contributed by atoms with Gasteiger partial charge in [-0.2, -0.15) is 0 Å². The molecule has 0 fully saturated rings. The largest absolute Gasteiger partial charge is 0.480 e. The van der Waals surface area contributed by atoms with Crippen molar-refractivity contribution in [2.75, 3.05) is 33.0 Å². The van der Waals surface area contributed by atoms with Gasteiger partial charge in [0, 0.05) is 0 Å². The van der Waals surface area contributed by atoms with E-state index in [0.717, 1.165) is 12.8 Å². The number of ether oxygens (including phenoxy) is 3. The van der Waals surface area contributed by atoms with E-state index in [9.17, 15) is 4.79 Å². The highest BCUT2D eigenvalue weighted by Crippen LogP contribution is 2.12. The maximum Gasteiger partial charge on any atom is 0.329 e. The summed E-state index contributed by atoms with van der Waals surface area (Å²) in [7, 11) is 0. The lowest BCUT2D eigenvalue weighted by Crippen LogP contribution is -2.23. The van der Waals surface area contributed by atoms with Crippen LogP contribution in [0.4, 0.5) is 0 Å². The van der Waals surface area contributed by atoms with Crippen molar-refractivity contribution in [2.24, 2.45) is 0 Å². The van der Waals surface area contributed by atoms with Crippen LogP contribution in [0, 0.1) is 0 Å². The number of carbonyl (C=O) groups is 1. The summed E-state index contributed by atoms with van der Waals surface area (Å²) in [6, 6.07) is 0. The molecule has 0 aromatic heterocycles. The first-order valence-corrected chi connectivity index (χ1v) is 9.80. The van der Waals surface area contributed by atoms with E-state index >= 15 is 0 Å². The molecule has 0 saturated heterocycles. The number of aliphatic carboxylic acids is 1. The summed E-state index contributed by atoms with van der Waals surface area (Å²) < 4.78 is 16.2. The fourth-order valence-corrected chi connectivity index (χ4v) is 2.61. The predicted octanol–water partition coefficient (Wildman–Crippen LogP) is 4.60. The molecule has 0 rings (SSSR count). The van der Waals surface area contributed by atoms with E-state index < -0.39 is 5.97 Å². The Bertz CT molecular complexity index is 306. The van der Waals surface area contributed by atoms with Crippen molar-refractivity contribution in [1.82, 2.24) is 0 Å². The summed E-state index contributed by atoms with van der Waals surface area (Å²) in [5, 5.41) is 8.52. The molecule has 0 amide bonds. The lowest BCUT2D eigenvalue weighted by molar-refractivity contribution is -0.143. The standard InChI is InChI=1S/C20H38O5/c1-3-5-6-7-8-9-10-11-12-13-19(17-23-14-4-2)25-16-15-24-18-20(21)22/h4,19H,2-3,5-18H2,1H3,(H,21,22). The van der Waals surface area contributed by atoms with Gasteiger partial charge in [0.1, 0.15) is 6.61 Å². The van der Waals surface area contributed by atoms with Crippen molar-refractivity contribution >= 4 is 5.97 Å². The van der Waals surface area contributed by atoms with Gasteiger partial charge >= 0.3 is 5.97 Å². The summed E-state index contributed by atoms with van der Waals surface area (Å²) in [6.07, 6.45) is 14.5. The maximum absolute atomic E-state index is 10.4. The minimum atomic E-state index is -0.958. The molecule has 0 aliphatic heterocycles. The van der Waals surface area contributed by atoms with E-state index in [1.165, 1.54) is 51.4 Å². The Balaban J connectivity index is 3.68. The van der Waals surface area contributed by atoms with Crippen LogP contribution in [0.2, 0.25) is 0 Å². The molecule has 0 radical (unpaired) electrons. The first-order valence-electron chi connectivity index (χ1n) is 9.80. The Kier molecular flexibility index (Phi) is 18.7. The normalized spacial score (nSPS) is 12.2. The van der Waals surface area contributed by atoms with E-state index in [1.54, 1.807) is 6.08 Å². The fraction of sp³-hybridized carbons (Fsp3) is 0.850. The highest BCUT2D eigenvalue weighted by atomic mass is 16.6. The molecule has 5 heteroatoms. The molecule has 0 bridgehead atoms. The predicted molar refractivity (Wildman–Crippen MR) is 101 cm³/mol. The molecule has 25 heavy (non-hydrogen) atoms. The maximum atomic E-state index is 10.4. The Morgan fingerprint density at radius 2 is 1.64 bits per heavy atom. The monoisotopic (exact) mass is 358 g/mol. The number of hydrogen-bond acceptors (Lipinski definition) is 4. The molecule has 0 saturated carbocycles. The van der Waals surface area contributed by atoms with Crippen molar-refractivity contribution < 1.29 is 24.1 Å². The van der Waals surface area contributed by atoms with Crippen LogP contribution in [-0.4, -0.2) is 50.2 Å². The second-order valence-electron chi connectivity index (χ2n) is 6.38. The van der Waals surface area contributed by atoms with Crippen molar-refractivity contribution in [3.63, 3.8) is 0 Å². The topological polar surface area (TPSA) is 65.0 Å². The number of carboxylic acids is 1. The van der Waals surface area contributed by atoms with Gasteiger partial charge in [-0.15, -0.1) is 6.58 Å². The summed E-state index contributed by atoms with van der Waals surface area (Å²) in [5.41, 5.74) is 0. The molecule has 148 valence electrons. The Labute approximate surface area is 153 Å². The van der Waals surface area contributed by atoms with Gasteiger partial charge in [-0.3, -0.25) is 0 Å². The molecule has 1 atom stereocenters. The van der Waals surface area contributed by atoms with Crippen molar-refractivity contribution in [3.05, 3.63) is 12.7 Å². The van der Waals surface area contributed by atoms with Crippen LogP contribution in [-0.2, 0) is 19.0 Å². The smallest absolute Gasteiger partial charge is 0.329 e. The van der Waals surface area contributed by atoms with Gasteiger partial charge in [0.05, 0.1) is 32.5 Å². The van der Waals surface area contributed by atoms with Crippen LogP contribution >= 0.6 is 0 Å². The van der Waals surface area contributed by atoms with Crippen LogP contribution in [0.5, 0.6) is 0 Å². The second kappa shape index (κ2) is 19.4. The van der Waals surface area contributed by atoms with Gasteiger partial charge in [0.2, 0.25) is 0 Å². The zero-order valence-electron chi connectivity index (χ0n) is 16.0. The Hall–Kier alpha value is -0.910. The average Bonchev–Trinajstić information content (AvgIpc) is 2.59. The minimum absolute atomic E-state index is 0.0398. The third-order valence-corrected chi connectivity index (χ3v) is 3.98. The summed E-state index contributed by atoms with van der Waals surface area (Å²) in [5.74, 6) is -0.958. The van der Waals surface area contributed by atoms with Crippen LogP contribution in [0.3, 0.4) is 0 Å². The molecular weight excluding hydrogens is 320 g/mol. The number of carboxylic acid groups (broad SMARTS) is 1. The second-order valence-corrected chi connectivity index (χ2v) is 6.38. The van der Waals surface area contributed by atoms with Crippen LogP contribution in [0.1, 0.15) is 71.1 Å². The Morgan fingerprint density at radius 1 is 1.00 bits per heavy atom. The minimum Gasteiger partial charge on any atom is -0.480 e. The molecular formula is C20H38O5. The number of unbranched alkanes of at least 4 members (excludes halogenated alkanes) is 8. The quantitative estimate of drug-likeness (QED) is 0.255. The summed E-state index contributed by atoms with van der Waals surface area (Å²) in [6.45, 7) is 7.36. The third-order valence-electron chi connectivity index (χ3n) is 3.98. The lowest BCUT2D eigenvalue weighted by atomic mass is 10.1. The molecule has 0 aromatic carbocycles. The van der Waals surface area contributed by atoms with E-state index in [0.29, 0.717) is 26.4 Å². The van der Waals surface area contributed by atoms with E-state index in [2.05, 4.69) is 13.5 Å². The first kappa shape index (κ1) is 24.1. The first-order chi connectivity index (χ1) is 12.2. The zero-order chi connectivity index (χ0) is 18.6. The van der Waals surface area contributed by atoms with E-state index in [1.807, 2.05) is 0 Å². The molecule has 0 spiro atoms. The number of hydrogen-bond donors (Lipinski definition) is 1. The van der Waals surface area contributed by atoms with Crippen molar-refractivity contribution in [1.29, 1.82) is 0 Å². The van der Waals surface area contributed by atoms with Gasteiger partial charge in [-0.05, 0) is 6.42 Å². The molecule has 0 aliphatic carbocycles. The van der Waals surface area contributed by atoms with Crippen LogP contribution in [0.25, 0.3) is 0 Å². The fourth-order valence-electron chi connectivity index (χ4n) is 2.61. The molecule has 1 N–H and O–H groups in total. The molecule has 0 heterocycles. The molecule has 0 aromatic rings. The van der Waals surface area contributed by atoms with Gasteiger partial charge in [-0.1, -0.05) is 70.8 Å². The highest BCUT2D eigenvalue weighted by molar-refractivity contribution is 5.67. The van der Waals surface area contributed by atoms with E-state index in [-0.39, 0.29) is 12.7 Å². The van der Waals surface area contributed by atoms with Crippen LogP contribution in [0.15, 0.2) is 12.7 Å². The molecule has 5 nitrogen and oxygen atoms in total. The van der Waals surface area contributed by atoms with Gasteiger partial charge in [0.25, 0.3) is 0 Å². The summed E-state index contributed by atoms with van der Waals surface area (Å²) >= 11 is 0. The van der Waals surface area contributed by atoms with E-state index in [4.69, 9.17) is 19.3 Å².